The third kappa shape index (κ3) is 5.42. The number of fused-ring (bicyclic) bond motifs is 7. The summed E-state index contributed by atoms with van der Waals surface area (Å²) < 4.78 is 27.7. The number of carbonyl (C=O) groups is 1. The summed E-state index contributed by atoms with van der Waals surface area (Å²) in [6.07, 6.45) is 13.5. The minimum absolute atomic E-state index is 0.00319. The Hall–Kier alpha value is -2.05. The van der Waals surface area contributed by atoms with Crippen molar-refractivity contribution in [3.05, 3.63) is 53.6 Å². The molecule has 1 heterocycles. The molecule has 0 amide bonds. The summed E-state index contributed by atoms with van der Waals surface area (Å²) in [5, 5.41) is 13.6. The number of halogens is 2. The van der Waals surface area contributed by atoms with Crippen LogP contribution in [0.4, 0.5) is 8.78 Å². The molecular formula is C43H62F2N2O2. The lowest BCUT2D eigenvalue weighted by molar-refractivity contribution is -0.219. The van der Waals surface area contributed by atoms with E-state index < -0.39 is 11.9 Å². The van der Waals surface area contributed by atoms with Gasteiger partial charge < -0.3 is 15.3 Å². The summed E-state index contributed by atoms with van der Waals surface area (Å²) in [5.74, 6) is -0.343. The topological polar surface area (TPSA) is 52.6 Å². The highest BCUT2D eigenvalue weighted by Crippen LogP contribution is 2.76. The Labute approximate surface area is 294 Å². The quantitative estimate of drug-likeness (QED) is 0.282. The Morgan fingerprint density at radius 3 is 2.24 bits per heavy atom. The molecule has 2 N–H and O–H groups in total. The van der Waals surface area contributed by atoms with Gasteiger partial charge in [0, 0.05) is 44.6 Å². The number of aromatic carboxylic acids is 1. The molecule has 1 saturated heterocycles. The molecule has 1 aromatic rings. The molecule has 4 saturated carbocycles. The number of nitrogens with zero attached hydrogens (tertiary/aromatic N) is 1. The summed E-state index contributed by atoms with van der Waals surface area (Å²) in [7, 11) is 0. The minimum atomic E-state index is -2.49. The standard InChI is InChI=1S/C43H62F2N2O2/c1-28(2)31-14-19-42(46-24-27-47-25-22-43(44,45)23-26-47)21-20-40(6)33(36(31)42)12-13-35-39(5)17-15-32(29-8-10-30(11-9-29)37(48)49)38(3,4)34(39)16-18-41(35,40)7/h8-11,15,31,33-36,46H,1,12-14,16-27H2,2-7H3,(H,48,49)/t31-,33+,34-,35+,36+,39-,40+,41+,42?/m0/s1. The molecule has 0 radical (unpaired) electrons. The van der Waals surface area contributed by atoms with Gasteiger partial charge in [0.25, 0.3) is 5.92 Å². The molecule has 7 rings (SSSR count). The fourth-order valence-electron chi connectivity index (χ4n) is 13.9. The maximum atomic E-state index is 13.8. The summed E-state index contributed by atoms with van der Waals surface area (Å²) >= 11 is 0. The van der Waals surface area contributed by atoms with Crippen LogP contribution in [0.1, 0.15) is 128 Å². The van der Waals surface area contributed by atoms with Crippen LogP contribution < -0.4 is 5.32 Å². The number of hydrogen-bond donors (Lipinski definition) is 2. The largest absolute Gasteiger partial charge is 0.478 e. The summed E-state index contributed by atoms with van der Waals surface area (Å²) in [5.41, 5.74) is 5.12. The lowest BCUT2D eigenvalue weighted by atomic mass is 9.33. The van der Waals surface area contributed by atoms with Crippen LogP contribution in [0.5, 0.6) is 0 Å². The monoisotopic (exact) mass is 676 g/mol. The van der Waals surface area contributed by atoms with Crippen molar-refractivity contribution in [3.63, 3.8) is 0 Å². The van der Waals surface area contributed by atoms with Crippen molar-refractivity contribution in [1.29, 1.82) is 0 Å². The van der Waals surface area contributed by atoms with E-state index >= 15 is 0 Å². The maximum absolute atomic E-state index is 13.8. The van der Waals surface area contributed by atoms with Crippen molar-refractivity contribution in [1.82, 2.24) is 10.2 Å². The van der Waals surface area contributed by atoms with Gasteiger partial charge in [0.05, 0.1) is 5.56 Å². The molecule has 0 aromatic heterocycles. The van der Waals surface area contributed by atoms with E-state index in [0.29, 0.717) is 48.2 Å². The molecule has 5 aliphatic carbocycles. The van der Waals surface area contributed by atoms with Crippen LogP contribution in [-0.4, -0.2) is 53.6 Å². The summed E-state index contributed by atoms with van der Waals surface area (Å²) in [6.45, 7) is 22.5. The van der Waals surface area contributed by atoms with Gasteiger partial charge in [-0.25, -0.2) is 13.6 Å². The second-order valence-corrected chi connectivity index (χ2v) is 18.9. The number of likely N-dealkylation sites (tertiary alicyclic amines) is 1. The third-order valence-electron chi connectivity index (χ3n) is 16.6. The van der Waals surface area contributed by atoms with E-state index in [-0.39, 0.29) is 40.0 Å². The van der Waals surface area contributed by atoms with Crippen molar-refractivity contribution >= 4 is 11.5 Å². The first-order chi connectivity index (χ1) is 23.0. The van der Waals surface area contributed by atoms with Crippen LogP contribution in [0.25, 0.3) is 5.57 Å². The van der Waals surface area contributed by atoms with Gasteiger partial charge >= 0.3 is 5.97 Å². The van der Waals surface area contributed by atoms with E-state index in [2.05, 4.69) is 64.4 Å². The smallest absolute Gasteiger partial charge is 0.335 e. The van der Waals surface area contributed by atoms with Crippen molar-refractivity contribution in [2.24, 2.45) is 51.2 Å². The molecule has 5 fully saturated rings. The van der Waals surface area contributed by atoms with Gasteiger partial charge in [0.2, 0.25) is 0 Å². The second kappa shape index (κ2) is 12.0. The number of carboxylic acids is 1. The first-order valence-electron chi connectivity index (χ1n) is 19.5. The molecule has 6 heteroatoms. The number of allylic oxidation sites excluding steroid dienone is 3. The molecule has 4 nitrogen and oxygen atoms in total. The van der Waals surface area contributed by atoms with Crippen LogP contribution in [0.3, 0.4) is 0 Å². The summed E-state index contributed by atoms with van der Waals surface area (Å²) in [4.78, 5) is 13.8. The zero-order valence-electron chi connectivity index (χ0n) is 31.1. The van der Waals surface area contributed by atoms with Crippen LogP contribution >= 0.6 is 0 Å². The average Bonchev–Trinajstić information content (AvgIpc) is 3.42. The zero-order valence-corrected chi connectivity index (χ0v) is 31.1. The Morgan fingerprint density at radius 1 is 0.898 bits per heavy atom. The Kier molecular flexibility index (Phi) is 8.66. The Balaban J connectivity index is 1.14. The molecular weight excluding hydrogens is 614 g/mol. The van der Waals surface area contributed by atoms with Gasteiger partial charge in [-0.3, -0.25) is 0 Å². The fourth-order valence-corrected chi connectivity index (χ4v) is 13.9. The van der Waals surface area contributed by atoms with Gasteiger partial charge in [-0.2, -0.15) is 0 Å². The lowest BCUT2D eigenvalue weighted by Crippen LogP contribution is -2.68. The van der Waals surface area contributed by atoms with E-state index in [1.807, 2.05) is 12.1 Å². The third-order valence-corrected chi connectivity index (χ3v) is 16.6. The van der Waals surface area contributed by atoms with Gasteiger partial charge in [-0.1, -0.05) is 65.0 Å². The SMILES string of the molecule is C=C(C)[C@@H]1CCC2(NCCN3CCC(F)(F)CC3)CC[C@]3(C)[C@H](CC[C@@H]4[C@@]5(C)CC=C(c6ccc(C(=O)O)cc6)C(C)(C)[C@@H]5CC[C@]43C)[C@@H]12. The van der Waals surface area contributed by atoms with E-state index in [9.17, 15) is 18.7 Å². The predicted molar refractivity (Wildman–Crippen MR) is 195 cm³/mol. The summed E-state index contributed by atoms with van der Waals surface area (Å²) in [6, 6.07) is 7.56. The van der Waals surface area contributed by atoms with Crippen molar-refractivity contribution < 1.29 is 18.7 Å². The highest BCUT2D eigenvalue weighted by molar-refractivity contribution is 5.88. The average molecular weight is 677 g/mol. The van der Waals surface area contributed by atoms with Crippen LogP contribution in [0, 0.1) is 51.2 Å². The van der Waals surface area contributed by atoms with E-state index in [1.54, 1.807) is 12.1 Å². The number of benzene rings is 1. The van der Waals surface area contributed by atoms with Gasteiger partial charge in [-0.05, 0) is 139 Å². The first-order valence-corrected chi connectivity index (χ1v) is 19.5. The van der Waals surface area contributed by atoms with Crippen molar-refractivity contribution in [2.45, 2.75) is 124 Å². The highest BCUT2D eigenvalue weighted by Gasteiger charge is 2.70. The van der Waals surface area contributed by atoms with Gasteiger partial charge in [0.15, 0.2) is 0 Å². The Morgan fingerprint density at radius 2 is 1.59 bits per heavy atom. The van der Waals surface area contributed by atoms with Crippen molar-refractivity contribution in [3.8, 4) is 0 Å². The number of piperidine rings is 1. The Bertz CT molecular complexity index is 1490. The van der Waals surface area contributed by atoms with Crippen LogP contribution in [0.15, 0.2) is 42.5 Å². The first kappa shape index (κ1) is 35.4. The van der Waals surface area contributed by atoms with Gasteiger partial charge in [-0.15, -0.1) is 0 Å². The van der Waals surface area contributed by atoms with E-state index in [4.69, 9.17) is 0 Å². The lowest BCUT2D eigenvalue weighted by Gasteiger charge is -2.72. The molecule has 6 aliphatic rings. The highest BCUT2D eigenvalue weighted by atomic mass is 19.3. The van der Waals surface area contributed by atoms with E-state index in [1.165, 1.54) is 68.1 Å². The zero-order chi connectivity index (χ0) is 35.2. The normalized spacial score (nSPS) is 42.6. The number of hydrogen-bond acceptors (Lipinski definition) is 3. The van der Waals surface area contributed by atoms with E-state index in [0.717, 1.165) is 19.5 Å². The van der Waals surface area contributed by atoms with Crippen molar-refractivity contribution in [2.75, 3.05) is 26.2 Å². The second-order valence-electron chi connectivity index (χ2n) is 18.9. The molecule has 1 aliphatic heterocycles. The number of rotatable bonds is 7. The molecule has 270 valence electrons. The molecule has 0 bridgehead atoms. The fraction of sp³-hybridized carbons (Fsp3) is 0.744. The minimum Gasteiger partial charge on any atom is -0.478 e. The molecule has 9 atom stereocenters. The molecule has 49 heavy (non-hydrogen) atoms. The van der Waals surface area contributed by atoms with Gasteiger partial charge in [0.1, 0.15) is 0 Å². The number of carboxylic acid groups (broad SMARTS) is 1. The maximum Gasteiger partial charge on any atom is 0.335 e. The number of alkyl halides is 2. The molecule has 1 unspecified atom stereocenters. The van der Waals surface area contributed by atoms with Crippen LogP contribution in [-0.2, 0) is 0 Å². The van der Waals surface area contributed by atoms with Crippen LogP contribution in [0.2, 0.25) is 0 Å². The molecule has 1 aromatic carbocycles. The number of nitrogens with one attached hydrogen (secondary N) is 1. The molecule has 0 spiro atoms. The predicted octanol–water partition coefficient (Wildman–Crippen LogP) is 10.1.